The molecule has 0 radical (unpaired) electrons. The fourth-order valence-corrected chi connectivity index (χ4v) is 3.37. The predicted octanol–water partition coefficient (Wildman–Crippen LogP) is 3.03. The summed E-state index contributed by atoms with van der Waals surface area (Å²) >= 11 is 5.87. The lowest BCUT2D eigenvalue weighted by atomic mass is 9.94. The Balaban J connectivity index is 1.48. The molecule has 2 aliphatic heterocycles. The van der Waals surface area contributed by atoms with Gasteiger partial charge in [0.15, 0.2) is 11.5 Å². The van der Waals surface area contributed by atoms with Gasteiger partial charge in [0, 0.05) is 11.6 Å². The molecule has 2 aromatic rings. The van der Waals surface area contributed by atoms with E-state index in [1.807, 2.05) is 12.1 Å². The highest BCUT2D eigenvalue weighted by molar-refractivity contribution is 6.30. The largest absolute Gasteiger partial charge is 0.486 e. The summed E-state index contributed by atoms with van der Waals surface area (Å²) in [6.45, 7) is 1.32. The lowest BCUT2D eigenvalue weighted by Crippen LogP contribution is -2.32. The van der Waals surface area contributed by atoms with Crippen molar-refractivity contribution in [3.8, 4) is 11.5 Å². The Morgan fingerprint density at radius 1 is 1.07 bits per heavy atom. The Hall–Kier alpha value is -2.73. The van der Waals surface area contributed by atoms with E-state index in [9.17, 15) is 9.59 Å². The van der Waals surface area contributed by atoms with E-state index >= 15 is 0 Å². The number of cyclic esters (lactones) is 1. The van der Waals surface area contributed by atoms with E-state index in [1.54, 1.807) is 30.3 Å². The summed E-state index contributed by atoms with van der Waals surface area (Å²) in [6, 6.07) is 12.6. The topological polar surface area (TPSA) is 73.9 Å². The monoisotopic (exact) mass is 387 g/mol. The highest BCUT2D eigenvalue weighted by Crippen LogP contribution is 2.40. The third kappa shape index (κ3) is 3.85. The van der Waals surface area contributed by atoms with Crippen molar-refractivity contribution < 1.29 is 23.8 Å². The minimum atomic E-state index is -0.640. The first-order valence-corrected chi connectivity index (χ1v) is 9.09. The van der Waals surface area contributed by atoms with Crippen LogP contribution < -0.4 is 14.8 Å². The van der Waals surface area contributed by atoms with Gasteiger partial charge in [-0.3, -0.25) is 9.59 Å². The molecule has 0 unspecified atom stereocenters. The lowest BCUT2D eigenvalue weighted by molar-refractivity contribution is -0.141. The number of amides is 1. The zero-order valence-electron chi connectivity index (χ0n) is 14.4. The van der Waals surface area contributed by atoms with Crippen LogP contribution in [-0.2, 0) is 20.9 Å². The number of rotatable bonds is 4. The Bertz CT molecular complexity index is 867. The molecule has 2 atom stereocenters. The zero-order chi connectivity index (χ0) is 18.8. The summed E-state index contributed by atoms with van der Waals surface area (Å²) in [6.07, 6.45) is -0.593. The van der Waals surface area contributed by atoms with Crippen LogP contribution in [0.2, 0.25) is 5.02 Å². The van der Waals surface area contributed by atoms with Crippen LogP contribution in [0.5, 0.6) is 11.5 Å². The van der Waals surface area contributed by atoms with Gasteiger partial charge in [0.1, 0.15) is 19.3 Å². The van der Waals surface area contributed by atoms with Crippen molar-refractivity contribution in [2.75, 3.05) is 13.2 Å². The zero-order valence-corrected chi connectivity index (χ0v) is 15.2. The molecule has 0 spiro atoms. The highest BCUT2D eigenvalue weighted by atomic mass is 35.5. The number of esters is 1. The Morgan fingerprint density at radius 2 is 1.81 bits per heavy atom. The molecule has 1 amide bonds. The van der Waals surface area contributed by atoms with E-state index in [1.165, 1.54) is 0 Å². The van der Waals surface area contributed by atoms with Gasteiger partial charge in [-0.25, -0.2) is 0 Å². The molecule has 1 N–H and O–H groups in total. The molecule has 2 aromatic carbocycles. The summed E-state index contributed by atoms with van der Waals surface area (Å²) in [5.41, 5.74) is 1.64. The smallest absolute Gasteiger partial charge is 0.307 e. The minimum Gasteiger partial charge on any atom is -0.486 e. The molecule has 2 heterocycles. The van der Waals surface area contributed by atoms with Crippen molar-refractivity contribution in [3.05, 3.63) is 58.6 Å². The summed E-state index contributed by atoms with van der Waals surface area (Å²) in [5.74, 6) is 0.0460. The van der Waals surface area contributed by atoms with E-state index in [4.69, 9.17) is 25.8 Å². The van der Waals surface area contributed by atoms with Gasteiger partial charge in [0.05, 0.1) is 12.3 Å². The van der Waals surface area contributed by atoms with Crippen molar-refractivity contribution in [2.45, 2.75) is 19.1 Å². The summed E-state index contributed by atoms with van der Waals surface area (Å²) in [5, 5.41) is 3.51. The molecule has 6 nitrogen and oxygen atoms in total. The standard InChI is InChI=1S/C20H18ClNO5/c21-14-4-1-12(2-5-14)11-22-20(24)15-10-18(23)27-19(15)13-3-6-16-17(9-13)26-8-7-25-16/h1-6,9,15,19H,7-8,10-11H2,(H,22,24)/t15-,19-/m1/s1. The van der Waals surface area contributed by atoms with Crippen LogP contribution >= 0.6 is 11.6 Å². The Kier molecular flexibility index (Phi) is 4.90. The van der Waals surface area contributed by atoms with Gasteiger partial charge >= 0.3 is 5.97 Å². The maximum Gasteiger partial charge on any atom is 0.307 e. The van der Waals surface area contributed by atoms with E-state index < -0.39 is 12.0 Å². The maximum atomic E-state index is 12.7. The van der Waals surface area contributed by atoms with Crippen molar-refractivity contribution >= 4 is 23.5 Å². The number of benzene rings is 2. The summed E-state index contributed by atoms with van der Waals surface area (Å²) in [7, 11) is 0. The van der Waals surface area contributed by atoms with Crippen LogP contribution in [0.1, 0.15) is 23.7 Å². The summed E-state index contributed by atoms with van der Waals surface area (Å²) < 4.78 is 16.5. The van der Waals surface area contributed by atoms with Gasteiger partial charge < -0.3 is 19.5 Å². The van der Waals surface area contributed by atoms with E-state index in [-0.39, 0.29) is 18.3 Å². The van der Waals surface area contributed by atoms with Crippen LogP contribution in [0.3, 0.4) is 0 Å². The number of carbonyl (C=O) groups is 2. The van der Waals surface area contributed by atoms with Crippen molar-refractivity contribution in [3.63, 3.8) is 0 Å². The van der Waals surface area contributed by atoms with Crippen LogP contribution in [0.25, 0.3) is 0 Å². The first-order valence-electron chi connectivity index (χ1n) is 8.71. The number of carbonyl (C=O) groups excluding carboxylic acids is 2. The SMILES string of the molecule is O=C1C[C@@H](C(=O)NCc2ccc(Cl)cc2)[C@@H](c2ccc3c(c2)OCCO3)O1. The van der Waals surface area contributed by atoms with Crippen LogP contribution in [-0.4, -0.2) is 25.1 Å². The molecular formula is C20H18ClNO5. The molecule has 1 saturated heterocycles. The van der Waals surface area contributed by atoms with Crippen molar-refractivity contribution in [1.29, 1.82) is 0 Å². The number of fused-ring (bicyclic) bond motifs is 1. The highest BCUT2D eigenvalue weighted by Gasteiger charge is 2.41. The molecular weight excluding hydrogens is 370 g/mol. The average Bonchev–Trinajstić information content (AvgIpc) is 3.09. The second kappa shape index (κ2) is 7.48. The molecule has 7 heteroatoms. The molecule has 0 bridgehead atoms. The third-order valence-corrected chi connectivity index (χ3v) is 4.87. The van der Waals surface area contributed by atoms with Gasteiger partial charge in [-0.2, -0.15) is 0 Å². The number of hydrogen-bond donors (Lipinski definition) is 1. The van der Waals surface area contributed by atoms with Gasteiger partial charge in [0.2, 0.25) is 5.91 Å². The maximum absolute atomic E-state index is 12.7. The summed E-state index contributed by atoms with van der Waals surface area (Å²) in [4.78, 5) is 24.5. The van der Waals surface area contributed by atoms with E-state index in [0.29, 0.717) is 36.3 Å². The predicted molar refractivity (Wildman–Crippen MR) is 97.7 cm³/mol. The molecule has 4 rings (SSSR count). The fourth-order valence-electron chi connectivity index (χ4n) is 3.25. The number of halogens is 1. The van der Waals surface area contributed by atoms with Gasteiger partial charge in [-0.15, -0.1) is 0 Å². The van der Waals surface area contributed by atoms with Crippen molar-refractivity contribution in [2.24, 2.45) is 5.92 Å². The minimum absolute atomic E-state index is 0.0472. The molecule has 140 valence electrons. The Labute approximate surface area is 161 Å². The lowest BCUT2D eigenvalue weighted by Gasteiger charge is -2.22. The molecule has 1 fully saturated rings. The van der Waals surface area contributed by atoms with Crippen LogP contribution in [0, 0.1) is 5.92 Å². The Morgan fingerprint density at radius 3 is 2.59 bits per heavy atom. The number of ether oxygens (including phenoxy) is 3. The third-order valence-electron chi connectivity index (χ3n) is 4.62. The molecule has 0 aliphatic carbocycles. The second-order valence-corrected chi connectivity index (χ2v) is 6.90. The fraction of sp³-hybridized carbons (Fsp3) is 0.300. The van der Waals surface area contributed by atoms with Gasteiger partial charge in [0.25, 0.3) is 0 Å². The van der Waals surface area contributed by atoms with Gasteiger partial charge in [-0.1, -0.05) is 29.8 Å². The first kappa shape index (κ1) is 17.7. The second-order valence-electron chi connectivity index (χ2n) is 6.47. The number of nitrogens with one attached hydrogen (secondary N) is 1. The number of hydrogen-bond acceptors (Lipinski definition) is 5. The molecule has 0 saturated carbocycles. The van der Waals surface area contributed by atoms with Gasteiger partial charge in [-0.05, 0) is 35.4 Å². The molecule has 27 heavy (non-hydrogen) atoms. The van der Waals surface area contributed by atoms with Crippen LogP contribution in [0.4, 0.5) is 0 Å². The average molecular weight is 388 g/mol. The van der Waals surface area contributed by atoms with Crippen LogP contribution in [0.15, 0.2) is 42.5 Å². The molecule has 2 aliphatic rings. The first-order chi connectivity index (χ1) is 13.1. The quantitative estimate of drug-likeness (QED) is 0.816. The van der Waals surface area contributed by atoms with Crippen molar-refractivity contribution in [1.82, 2.24) is 5.32 Å². The van der Waals surface area contributed by atoms with E-state index in [0.717, 1.165) is 11.1 Å². The molecule has 0 aromatic heterocycles. The van der Waals surface area contributed by atoms with E-state index in [2.05, 4.69) is 5.32 Å². The normalized spacial score (nSPS) is 20.9.